The van der Waals surface area contributed by atoms with Crippen molar-refractivity contribution in [2.24, 2.45) is 5.41 Å². The van der Waals surface area contributed by atoms with Crippen molar-refractivity contribution in [2.45, 2.75) is 58.6 Å². The number of alkyl carbamates (subject to hydrolysis) is 1. The molecular formula is C11H17F6NO2. The van der Waals surface area contributed by atoms with Crippen LogP contribution in [-0.2, 0) is 4.74 Å². The van der Waals surface area contributed by atoms with Crippen LogP contribution in [0.4, 0.5) is 31.1 Å². The SMILES string of the molecule is CC(C)(C)C(C)(C)OC(=O)NC(C(F)(F)F)C(F)(F)F. The fraction of sp³-hybridized carbons (Fsp3) is 0.909. The largest absolute Gasteiger partial charge is 0.443 e. The number of carbonyl (C=O) groups is 1. The molecular weight excluding hydrogens is 292 g/mol. The Bertz CT molecular complexity index is 339. The number of alkyl halides is 6. The van der Waals surface area contributed by atoms with E-state index < -0.39 is 35.5 Å². The maximum Gasteiger partial charge on any atom is 0.417 e. The van der Waals surface area contributed by atoms with E-state index in [1.807, 2.05) is 0 Å². The second-order valence-corrected chi connectivity index (χ2v) is 5.81. The van der Waals surface area contributed by atoms with Crippen molar-refractivity contribution in [1.29, 1.82) is 0 Å². The summed E-state index contributed by atoms with van der Waals surface area (Å²) in [5.74, 6) is 0. The van der Waals surface area contributed by atoms with Gasteiger partial charge < -0.3 is 10.1 Å². The van der Waals surface area contributed by atoms with Gasteiger partial charge in [-0.1, -0.05) is 20.8 Å². The van der Waals surface area contributed by atoms with Crippen molar-refractivity contribution >= 4 is 6.09 Å². The molecule has 9 heteroatoms. The summed E-state index contributed by atoms with van der Waals surface area (Å²) in [6.45, 7) is 7.67. The topological polar surface area (TPSA) is 38.3 Å². The summed E-state index contributed by atoms with van der Waals surface area (Å²) >= 11 is 0. The highest BCUT2D eigenvalue weighted by atomic mass is 19.4. The molecule has 0 unspecified atom stereocenters. The van der Waals surface area contributed by atoms with E-state index in [1.54, 1.807) is 20.8 Å². The molecule has 0 aliphatic heterocycles. The minimum Gasteiger partial charge on any atom is -0.443 e. The fourth-order valence-electron chi connectivity index (χ4n) is 0.881. The van der Waals surface area contributed by atoms with E-state index in [0.717, 1.165) is 5.32 Å². The molecule has 0 rings (SSSR count). The van der Waals surface area contributed by atoms with Crippen LogP contribution in [0.3, 0.4) is 0 Å². The van der Waals surface area contributed by atoms with Crippen molar-refractivity contribution < 1.29 is 35.9 Å². The van der Waals surface area contributed by atoms with Crippen LogP contribution in [0, 0.1) is 5.41 Å². The number of hydrogen-bond donors (Lipinski definition) is 1. The monoisotopic (exact) mass is 309 g/mol. The molecule has 0 aromatic rings. The van der Waals surface area contributed by atoms with Crippen molar-refractivity contribution in [2.75, 3.05) is 0 Å². The van der Waals surface area contributed by atoms with Gasteiger partial charge in [-0.3, -0.25) is 0 Å². The molecule has 0 aliphatic carbocycles. The molecule has 0 saturated heterocycles. The number of carbonyl (C=O) groups excluding carboxylic acids is 1. The Kier molecular flexibility index (Phi) is 5.02. The number of halogens is 6. The Morgan fingerprint density at radius 2 is 1.25 bits per heavy atom. The highest BCUT2D eigenvalue weighted by Crippen LogP contribution is 2.35. The number of rotatable bonds is 2. The second kappa shape index (κ2) is 5.33. The first-order valence-electron chi connectivity index (χ1n) is 5.61. The van der Waals surface area contributed by atoms with Crippen LogP contribution in [0.15, 0.2) is 0 Å². The molecule has 1 N–H and O–H groups in total. The van der Waals surface area contributed by atoms with Crippen LogP contribution >= 0.6 is 0 Å². The standard InChI is InChI=1S/C11H17F6NO2/c1-8(2,3)9(4,5)20-7(19)18-6(10(12,13)14)11(15,16)17/h6H,1-5H3,(H,18,19). The first-order valence-corrected chi connectivity index (χ1v) is 5.61. The zero-order chi connectivity index (χ0) is 16.6. The van der Waals surface area contributed by atoms with Gasteiger partial charge in [0, 0.05) is 5.41 Å². The molecule has 0 radical (unpaired) electrons. The van der Waals surface area contributed by atoms with Gasteiger partial charge >= 0.3 is 18.4 Å². The van der Waals surface area contributed by atoms with Crippen LogP contribution in [-0.4, -0.2) is 30.1 Å². The predicted octanol–water partition coefficient (Wildman–Crippen LogP) is 4.03. The van der Waals surface area contributed by atoms with E-state index in [-0.39, 0.29) is 0 Å². The molecule has 0 bridgehead atoms. The maximum absolute atomic E-state index is 12.3. The van der Waals surface area contributed by atoms with Gasteiger partial charge in [-0.2, -0.15) is 26.3 Å². The molecule has 0 fully saturated rings. The summed E-state index contributed by atoms with van der Waals surface area (Å²) < 4.78 is 78.2. The van der Waals surface area contributed by atoms with Gasteiger partial charge in [0.1, 0.15) is 5.60 Å². The maximum atomic E-state index is 12.3. The summed E-state index contributed by atoms with van der Waals surface area (Å²) in [5.41, 5.74) is -1.92. The predicted molar refractivity (Wildman–Crippen MR) is 59.0 cm³/mol. The van der Waals surface area contributed by atoms with Gasteiger partial charge in [-0.15, -0.1) is 0 Å². The second-order valence-electron chi connectivity index (χ2n) is 5.81. The molecule has 0 atom stereocenters. The Hall–Kier alpha value is -1.15. The van der Waals surface area contributed by atoms with Gasteiger partial charge in [0.25, 0.3) is 0 Å². The highest BCUT2D eigenvalue weighted by Gasteiger charge is 2.58. The quantitative estimate of drug-likeness (QED) is 0.782. The van der Waals surface area contributed by atoms with Crippen LogP contribution in [0.2, 0.25) is 0 Å². The van der Waals surface area contributed by atoms with E-state index in [0.29, 0.717) is 0 Å². The fourth-order valence-corrected chi connectivity index (χ4v) is 0.881. The van der Waals surface area contributed by atoms with Crippen LogP contribution in [0.5, 0.6) is 0 Å². The average molecular weight is 309 g/mol. The highest BCUT2D eigenvalue weighted by molar-refractivity contribution is 5.68. The zero-order valence-corrected chi connectivity index (χ0v) is 11.7. The first kappa shape index (κ1) is 18.9. The minimum absolute atomic E-state index is 0.670. The van der Waals surface area contributed by atoms with Crippen LogP contribution in [0.25, 0.3) is 0 Å². The van der Waals surface area contributed by atoms with Gasteiger partial charge in [-0.05, 0) is 13.8 Å². The van der Waals surface area contributed by atoms with E-state index >= 15 is 0 Å². The van der Waals surface area contributed by atoms with Crippen molar-refractivity contribution in [1.82, 2.24) is 5.32 Å². The lowest BCUT2D eigenvalue weighted by Gasteiger charge is -2.38. The van der Waals surface area contributed by atoms with Crippen LogP contribution < -0.4 is 5.32 Å². The first-order chi connectivity index (χ1) is 8.48. The Labute approximate surface area is 112 Å². The van der Waals surface area contributed by atoms with Gasteiger partial charge in [0.15, 0.2) is 0 Å². The minimum atomic E-state index is -5.65. The van der Waals surface area contributed by atoms with E-state index in [9.17, 15) is 31.1 Å². The normalized spacial score (nSPS) is 14.4. The third-order valence-corrected chi connectivity index (χ3v) is 3.07. The summed E-state index contributed by atoms with van der Waals surface area (Å²) in [5, 5.41) is 0.814. The Balaban J connectivity index is 4.99. The molecule has 0 aromatic carbocycles. The molecule has 1 amide bonds. The van der Waals surface area contributed by atoms with Gasteiger partial charge in [0.2, 0.25) is 6.04 Å². The number of nitrogens with one attached hydrogen (secondary N) is 1. The Morgan fingerprint density at radius 1 is 0.900 bits per heavy atom. The molecule has 0 aliphatic rings. The molecule has 0 heterocycles. The van der Waals surface area contributed by atoms with Gasteiger partial charge in [0.05, 0.1) is 0 Å². The third kappa shape index (κ3) is 5.09. The summed E-state index contributed by atoms with van der Waals surface area (Å²) in [6, 6.07) is -3.96. The van der Waals surface area contributed by atoms with Crippen molar-refractivity contribution in [3.63, 3.8) is 0 Å². The molecule has 120 valence electrons. The molecule has 0 saturated carbocycles. The number of amides is 1. The summed E-state index contributed by atoms with van der Waals surface area (Å²) in [7, 11) is 0. The molecule has 0 spiro atoms. The molecule has 0 aromatic heterocycles. The zero-order valence-electron chi connectivity index (χ0n) is 11.7. The molecule has 20 heavy (non-hydrogen) atoms. The lowest BCUT2D eigenvalue weighted by Crippen LogP contribution is -2.56. The Morgan fingerprint density at radius 3 is 1.50 bits per heavy atom. The lowest BCUT2D eigenvalue weighted by atomic mass is 9.79. The summed E-state index contributed by atoms with van der Waals surface area (Å²) in [4.78, 5) is 11.3. The molecule has 3 nitrogen and oxygen atoms in total. The number of ether oxygens (including phenoxy) is 1. The van der Waals surface area contributed by atoms with Crippen molar-refractivity contribution in [3.05, 3.63) is 0 Å². The van der Waals surface area contributed by atoms with E-state index in [4.69, 9.17) is 0 Å². The smallest absolute Gasteiger partial charge is 0.417 e. The van der Waals surface area contributed by atoms with Crippen LogP contribution in [0.1, 0.15) is 34.6 Å². The number of hydrogen-bond acceptors (Lipinski definition) is 2. The van der Waals surface area contributed by atoms with Gasteiger partial charge in [-0.25, -0.2) is 4.79 Å². The average Bonchev–Trinajstić information content (AvgIpc) is 2.07. The van der Waals surface area contributed by atoms with E-state index in [2.05, 4.69) is 4.74 Å². The lowest BCUT2D eigenvalue weighted by molar-refractivity contribution is -0.256. The van der Waals surface area contributed by atoms with E-state index in [1.165, 1.54) is 13.8 Å². The third-order valence-electron chi connectivity index (χ3n) is 3.07. The van der Waals surface area contributed by atoms with Crippen molar-refractivity contribution in [3.8, 4) is 0 Å². The summed E-state index contributed by atoms with van der Waals surface area (Å²) in [6.07, 6.45) is -13.1.